The van der Waals surface area contributed by atoms with Gasteiger partial charge in [-0.15, -0.1) is 0 Å². The fourth-order valence-electron chi connectivity index (χ4n) is 3.03. The molecule has 2 rings (SSSR count). The van der Waals surface area contributed by atoms with E-state index in [1.165, 1.54) is 37.2 Å². The number of hydrogen-bond donors (Lipinski definition) is 1. The second-order valence-corrected chi connectivity index (χ2v) is 5.75. The summed E-state index contributed by atoms with van der Waals surface area (Å²) in [5.74, 6) is 0.776. The van der Waals surface area contributed by atoms with Crippen LogP contribution in [0.2, 0.25) is 0 Å². The Bertz CT molecular complexity index is 391. The van der Waals surface area contributed by atoms with E-state index in [9.17, 15) is 0 Å². The van der Waals surface area contributed by atoms with Gasteiger partial charge in [-0.3, -0.25) is 9.88 Å². The highest BCUT2D eigenvalue weighted by atomic mass is 15.1. The summed E-state index contributed by atoms with van der Waals surface area (Å²) in [6.45, 7) is 11.2. The molecular weight excluding hydrogens is 234 g/mol. The minimum absolute atomic E-state index is 0.623. The highest BCUT2D eigenvalue weighted by Gasteiger charge is 2.24. The molecule has 1 aliphatic rings. The fourth-order valence-corrected chi connectivity index (χ4v) is 3.03. The minimum atomic E-state index is 0.623. The number of nitrogens with one attached hydrogen (secondary N) is 1. The lowest BCUT2D eigenvalue weighted by Gasteiger charge is -2.36. The van der Waals surface area contributed by atoms with Gasteiger partial charge >= 0.3 is 0 Å². The molecule has 0 aliphatic carbocycles. The zero-order chi connectivity index (χ0) is 13.7. The molecule has 2 atom stereocenters. The average molecular weight is 261 g/mol. The first kappa shape index (κ1) is 14.5. The molecule has 1 saturated heterocycles. The van der Waals surface area contributed by atoms with E-state index in [0.29, 0.717) is 6.04 Å². The van der Waals surface area contributed by atoms with E-state index in [2.05, 4.69) is 42.0 Å². The number of pyridine rings is 1. The maximum atomic E-state index is 4.52. The molecule has 0 radical (unpaired) electrons. The van der Waals surface area contributed by atoms with Crippen molar-refractivity contribution in [2.24, 2.45) is 5.92 Å². The Labute approximate surface area is 117 Å². The van der Waals surface area contributed by atoms with E-state index < -0.39 is 0 Å². The van der Waals surface area contributed by atoms with Crippen LogP contribution in [0.3, 0.4) is 0 Å². The van der Waals surface area contributed by atoms with Gasteiger partial charge in [0.25, 0.3) is 0 Å². The third-order valence-corrected chi connectivity index (χ3v) is 4.27. The van der Waals surface area contributed by atoms with Crippen molar-refractivity contribution in [3.05, 3.63) is 29.6 Å². The summed E-state index contributed by atoms with van der Waals surface area (Å²) in [6, 6.07) is 4.80. The van der Waals surface area contributed by atoms with Gasteiger partial charge in [0.15, 0.2) is 0 Å². The summed E-state index contributed by atoms with van der Waals surface area (Å²) >= 11 is 0. The first-order chi connectivity index (χ1) is 9.20. The first-order valence-corrected chi connectivity index (χ1v) is 7.57. The van der Waals surface area contributed by atoms with E-state index in [1.54, 1.807) is 0 Å². The Kier molecular flexibility index (Phi) is 5.34. The van der Waals surface area contributed by atoms with Crippen LogP contribution < -0.4 is 5.32 Å². The summed E-state index contributed by atoms with van der Waals surface area (Å²) in [5.41, 5.74) is 2.55. The van der Waals surface area contributed by atoms with Crippen molar-refractivity contribution in [2.45, 2.75) is 46.2 Å². The van der Waals surface area contributed by atoms with Crippen LogP contribution in [-0.4, -0.2) is 35.6 Å². The van der Waals surface area contributed by atoms with Crippen LogP contribution in [0, 0.1) is 12.8 Å². The van der Waals surface area contributed by atoms with Crippen molar-refractivity contribution < 1.29 is 0 Å². The normalized spacial score (nSPS) is 22.4. The lowest BCUT2D eigenvalue weighted by molar-refractivity contribution is 0.143. The van der Waals surface area contributed by atoms with Gasteiger partial charge in [0.2, 0.25) is 0 Å². The van der Waals surface area contributed by atoms with Gasteiger partial charge in [-0.25, -0.2) is 0 Å². The van der Waals surface area contributed by atoms with E-state index in [-0.39, 0.29) is 0 Å². The van der Waals surface area contributed by atoms with Gasteiger partial charge in [0.05, 0.1) is 5.69 Å². The molecule has 3 nitrogen and oxygen atoms in total. The number of piperidine rings is 1. The Morgan fingerprint density at radius 3 is 3.11 bits per heavy atom. The predicted molar refractivity (Wildman–Crippen MR) is 80.1 cm³/mol. The van der Waals surface area contributed by atoms with Crippen molar-refractivity contribution in [1.82, 2.24) is 15.2 Å². The highest BCUT2D eigenvalue weighted by molar-refractivity contribution is 5.17. The Morgan fingerprint density at radius 1 is 1.53 bits per heavy atom. The Morgan fingerprint density at radius 2 is 2.37 bits per heavy atom. The molecule has 1 aliphatic heterocycles. The molecule has 19 heavy (non-hydrogen) atoms. The summed E-state index contributed by atoms with van der Waals surface area (Å²) in [5, 5.41) is 3.57. The maximum Gasteiger partial charge on any atom is 0.0573 e. The van der Waals surface area contributed by atoms with Gasteiger partial charge < -0.3 is 5.32 Å². The van der Waals surface area contributed by atoms with Crippen LogP contribution in [0.25, 0.3) is 0 Å². The maximum absolute atomic E-state index is 4.52. The quantitative estimate of drug-likeness (QED) is 0.883. The van der Waals surface area contributed by atoms with E-state index in [1.807, 2.05) is 12.3 Å². The summed E-state index contributed by atoms with van der Waals surface area (Å²) < 4.78 is 0. The number of aryl methyl sites for hydroxylation is 1. The fraction of sp³-hybridized carbons (Fsp3) is 0.688. The molecule has 2 heterocycles. The van der Waals surface area contributed by atoms with Crippen LogP contribution >= 0.6 is 0 Å². The highest BCUT2D eigenvalue weighted by Crippen LogP contribution is 2.21. The van der Waals surface area contributed by atoms with Gasteiger partial charge in [-0.1, -0.05) is 13.0 Å². The molecule has 0 spiro atoms. The Balaban J connectivity index is 1.92. The van der Waals surface area contributed by atoms with Crippen molar-refractivity contribution in [3.8, 4) is 0 Å². The largest absolute Gasteiger partial charge is 0.314 e. The number of nitrogens with zero attached hydrogens (tertiary/aromatic N) is 2. The van der Waals surface area contributed by atoms with Crippen LogP contribution in [0.4, 0.5) is 0 Å². The van der Waals surface area contributed by atoms with Crippen molar-refractivity contribution in [1.29, 1.82) is 0 Å². The minimum Gasteiger partial charge on any atom is -0.314 e. The average Bonchev–Trinajstić information content (AvgIpc) is 2.42. The van der Waals surface area contributed by atoms with Crippen LogP contribution in [0.15, 0.2) is 18.3 Å². The third-order valence-electron chi connectivity index (χ3n) is 4.27. The van der Waals surface area contributed by atoms with Crippen LogP contribution in [0.1, 0.15) is 37.9 Å². The second-order valence-electron chi connectivity index (χ2n) is 5.75. The van der Waals surface area contributed by atoms with Crippen LogP contribution in [0.5, 0.6) is 0 Å². The number of rotatable bonds is 5. The lowest BCUT2D eigenvalue weighted by atomic mass is 9.91. The smallest absolute Gasteiger partial charge is 0.0573 e. The van der Waals surface area contributed by atoms with Crippen molar-refractivity contribution in [3.63, 3.8) is 0 Å². The van der Waals surface area contributed by atoms with Crippen molar-refractivity contribution >= 4 is 0 Å². The number of hydrogen-bond acceptors (Lipinski definition) is 3. The van der Waals surface area contributed by atoms with Gasteiger partial charge in [0, 0.05) is 25.3 Å². The lowest BCUT2D eigenvalue weighted by Crippen LogP contribution is -2.44. The van der Waals surface area contributed by atoms with Gasteiger partial charge in [-0.05, 0) is 57.3 Å². The molecule has 1 fully saturated rings. The number of likely N-dealkylation sites (tertiary alicyclic amines) is 1. The molecule has 0 aromatic carbocycles. The summed E-state index contributed by atoms with van der Waals surface area (Å²) in [4.78, 5) is 7.09. The van der Waals surface area contributed by atoms with Gasteiger partial charge in [-0.2, -0.15) is 0 Å². The molecule has 106 valence electrons. The third kappa shape index (κ3) is 4.02. The van der Waals surface area contributed by atoms with E-state index in [0.717, 1.165) is 19.0 Å². The topological polar surface area (TPSA) is 28.2 Å². The standard InChI is InChI=1S/C16H27N3/c1-4-17-14(3)15-8-6-10-19(11-15)12-16-13(2)7-5-9-18-16/h5,7,9,14-15,17H,4,6,8,10-12H2,1-3H3. The van der Waals surface area contributed by atoms with Crippen LogP contribution in [-0.2, 0) is 6.54 Å². The molecule has 0 bridgehead atoms. The van der Waals surface area contributed by atoms with Gasteiger partial charge in [0.1, 0.15) is 0 Å². The Hall–Kier alpha value is -0.930. The van der Waals surface area contributed by atoms with Crippen molar-refractivity contribution in [2.75, 3.05) is 19.6 Å². The molecule has 1 aromatic rings. The molecule has 2 unspecified atom stereocenters. The SMILES string of the molecule is CCNC(C)C1CCCN(Cc2ncccc2C)C1. The molecular formula is C16H27N3. The molecule has 0 amide bonds. The summed E-state index contributed by atoms with van der Waals surface area (Å²) in [7, 11) is 0. The zero-order valence-corrected chi connectivity index (χ0v) is 12.5. The first-order valence-electron chi connectivity index (χ1n) is 7.57. The zero-order valence-electron chi connectivity index (χ0n) is 12.5. The summed E-state index contributed by atoms with van der Waals surface area (Å²) in [6.07, 6.45) is 4.57. The predicted octanol–water partition coefficient (Wildman–Crippen LogP) is 2.60. The molecule has 1 N–H and O–H groups in total. The molecule has 1 aromatic heterocycles. The monoisotopic (exact) mass is 261 g/mol. The molecule has 0 saturated carbocycles. The molecule has 3 heteroatoms. The number of aromatic nitrogens is 1. The van der Waals surface area contributed by atoms with E-state index in [4.69, 9.17) is 0 Å². The second kappa shape index (κ2) is 7.01. The van der Waals surface area contributed by atoms with E-state index >= 15 is 0 Å².